The van der Waals surface area contributed by atoms with Gasteiger partial charge in [-0.3, -0.25) is 9.88 Å². The van der Waals surface area contributed by atoms with E-state index in [-0.39, 0.29) is 5.66 Å². The number of aromatic nitrogens is 1. The van der Waals surface area contributed by atoms with Crippen LogP contribution in [-0.2, 0) is 6.42 Å². The Hall–Kier alpha value is -2.11. The van der Waals surface area contributed by atoms with Crippen LogP contribution < -0.4 is 16.0 Å². The molecule has 3 aliphatic rings. The highest BCUT2D eigenvalue weighted by molar-refractivity contribution is 5.75. The summed E-state index contributed by atoms with van der Waals surface area (Å²) in [6.45, 7) is 6.68. The molecule has 154 valence electrons. The molecule has 5 nitrogen and oxygen atoms in total. The molecule has 1 aliphatic carbocycles. The van der Waals surface area contributed by atoms with Gasteiger partial charge in [0.25, 0.3) is 0 Å². The van der Waals surface area contributed by atoms with Gasteiger partial charge in [0.05, 0.1) is 23.1 Å². The van der Waals surface area contributed by atoms with E-state index in [4.69, 9.17) is 4.98 Å². The van der Waals surface area contributed by atoms with Crippen LogP contribution in [0.3, 0.4) is 0 Å². The highest BCUT2D eigenvalue weighted by Crippen LogP contribution is 2.38. The minimum Gasteiger partial charge on any atom is -0.360 e. The summed E-state index contributed by atoms with van der Waals surface area (Å²) in [6, 6.07) is 13.3. The van der Waals surface area contributed by atoms with E-state index >= 15 is 0 Å². The van der Waals surface area contributed by atoms with Crippen molar-refractivity contribution in [2.45, 2.75) is 50.7 Å². The summed E-state index contributed by atoms with van der Waals surface area (Å²) in [6.07, 6.45) is 8.20. The molecule has 2 aliphatic heterocycles. The summed E-state index contributed by atoms with van der Waals surface area (Å²) >= 11 is 0. The molecule has 0 radical (unpaired) electrons. The topological polar surface area (TPSA) is 52.2 Å². The van der Waals surface area contributed by atoms with Crippen LogP contribution in [0.2, 0.25) is 0 Å². The van der Waals surface area contributed by atoms with Crippen molar-refractivity contribution in [3.63, 3.8) is 0 Å². The minimum absolute atomic E-state index is 0.168. The molecule has 5 heteroatoms. The molecule has 0 saturated carbocycles. The Morgan fingerprint density at radius 1 is 1.07 bits per heavy atom. The fourth-order valence-electron chi connectivity index (χ4n) is 5.47. The average Bonchev–Trinajstić information content (AvgIpc) is 3.09. The van der Waals surface area contributed by atoms with Crippen molar-refractivity contribution < 1.29 is 0 Å². The van der Waals surface area contributed by atoms with Crippen molar-refractivity contribution in [1.82, 2.24) is 15.2 Å². The van der Waals surface area contributed by atoms with E-state index in [0.29, 0.717) is 12.0 Å². The predicted molar refractivity (Wildman–Crippen MR) is 119 cm³/mol. The van der Waals surface area contributed by atoms with Crippen LogP contribution in [0, 0.1) is 5.92 Å². The zero-order chi connectivity index (χ0) is 19.7. The summed E-state index contributed by atoms with van der Waals surface area (Å²) in [5, 5.41) is 11.1. The van der Waals surface area contributed by atoms with E-state index in [1.54, 1.807) is 0 Å². The number of hydrogen-bond acceptors (Lipinski definition) is 5. The molecule has 0 amide bonds. The predicted octanol–water partition coefficient (Wildman–Crippen LogP) is 4.01. The first kappa shape index (κ1) is 18.9. The van der Waals surface area contributed by atoms with Gasteiger partial charge < -0.3 is 16.0 Å². The fourth-order valence-corrected chi connectivity index (χ4v) is 5.47. The lowest BCUT2D eigenvalue weighted by Crippen LogP contribution is -2.52. The van der Waals surface area contributed by atoms with Gasteiger partial charge in [-0.15, -0.1) is 0 Å². The third-order valence-electron chi connectivity index (χ3n) is 6.77. The number of pyridine rings is 1. The SMILES string of the molecule is CC1(CN(C[C@H]2CCCNC2)C2CCCc3cccnc32)Nc2ccccc2N1. The van der Waals surface area contributed by atoms with Crippen molar-refractivity contribution in [3.05, 3.63) is 53.9 Å². The Morgan fingerprint density at radius 3 is 2.66 bits per heavy atom. The molecule has 2 aromatic rings. The number of aryl methyl sites for hydroxylation is 1. The Labute approximate surface area is 174 Å². The summed E-state index contributed by atoms with van der Waals surface area (Å²) < 4.78 is 0. The lowest BCUT2D eigenvalue weighted by Gasteiger charge is -2.42. The number of rotatable bonds is 5. The molecule has 1 saturated heterocycles. The van der Waals surface area contributed by atoms with Crippen LogP contribution in [0.1, 0.15) is 49.9 Å². The second kappa shape index (κ2) is 7.96. The van der Waals surface area contributed by atoms with Crippen LogP contribution in [-0.4, -0.2) is 41.7 Å². The molecule has 1 aromatic carbocycles. The molecule has 1 unspecified atom stereocenters. The Balaban J connectivity index is 1.40. The number of nitrogens with zero attached hydrogens (tertiary/aromatic N) is 2. The van der Waals surface area contributed by atoms with Gasteiger partial charge in [-0.25, -0.2) is 0 Å². The Kier molecular flexibility index (Phi) is 5.18. The number of hydrogen-bond donors (Lipinski definition) is 3. The highest BCUT2D eigenvalue weighted by atomic mass is 15.3. The normalized spacial score (nSPS) is 25.0. The monoisotopic (exact) mass is 391 g/mol. The maximum Gasteiger partial charge on any atom is 0.118 e. The first-order valence-electron chi connectivity index (χ1n) is 11.2. The van der Waals surface area contributed by atoms with Gasteiger partial charge in [0, 0.05) is 19.3 Å². The summed E-state index contributed by atoms with van der Waals surface area (Å²) in [5.41, 5.74) is 4.99. The largest absolute Gasteiger partial charge is 0.360 e. The lowest BCUT2D eigenvalue weighted by atomic mass is 9.89. The number of fused-ring (bicyclic) bond motifs is 2. The molecule has 0 spiro atoms. The smallest absolute Gasteiger partial charge is 0.118 e. The van der Waals surface area contributed by atoms with Gasteiger partial charge in [0.1, 0.15) is 5.66 Å². The summed E-state index contributed by atoms with van der Waals surface area (Å²) in [4.78, 5) is 7.57. The van der Waals surface area contributed by atoms with E-state index < -0.39 is 0 Å². The third kappa shape index (κ3) is 3.99. The molecule has 3 N–H and O–H groups in total. The fraction of sp³-hybridized carbons (Fsp3) is 0.542. The molecular formula is C24H33N5. The van der Waals surface area contributed by atoms with Crippen LogP contribution in [0.25, 0.3) is 0 Å². The molecule has 1 fully saturated rings. The average molecular weight is 392 g/mol. The standard InChI is InChI=1S/C24H33N5/c1-24(27-20-10-2-3-11-21(20)28-24)17-29(16-18-7-5-13-25-15-18)22-12-4-8-19-9-6-14-26-23(19)22/h2-3,6,9-11,14,18,22,25,27-28H,4-5,7-8,12-13,15-17H2,1H3/t18-,22?/m0/s1. The molecule has 5 rings (SSSR count). The van der Waals surface area contributed by atoms with Gasteiger partial charge in [-0.2, -0.15) is 0 Å². The summed E-state index contributed by atoms with van der Waals surface area (Å²) in [7, 11) is 0. The van der Waals surface area contributed by atoms with E-state index in [1.165, 1.54) is 54.9 Å². The maximum atomic E-state index is 4.85. The van der Waals surface area contributed by atoms with Crippen molar-refractivity contribution in [2.24, 2.45) is 5.92 Å². The number of nitrogens with one attached hydrogen (secondary N) is 3. The Bertz CT molecular complexity index is 820. The van der Waals surface area contributed by atoms with Crippen LogP contribution in [0.5, 0.6) is 0 Å². The van der Waals surface area contributed by atoms with Crippen LogP contribution >= 0.6 is 0 Å². The van der Waals surface area contributed by atoms with Crippen molar-refractivity contribution >= 4 is 11.4 Å². The van der Waals surface area contributed by atoms with E-state index in [9.17, 15) is 0 Å². The first-order chi connectivity index (χ1) is 14.2. The molecule has 2 atom stereocenters. The molecule has 0 bridgehead atoms. The highest BCUT2D eigenvalue weighted by Gasteiger charge is 2.37. The second-order valence-electron chi connectivity index (χ2n) is 9.23. The van der Waals surface area contributed by atoms with E-state index in [2.05, 4.69) is 64.2 Å². The number of anilines is 2. The third-order valence-corrected chi connectivity index (χ3v) is 6.77. The second-order valence-corrected chi connectivity index (χ2v) is 9.23. The molecule has 1 aromatic heterocycles. The molecule has 3 heterocycles. The zero-order valence-corrected chi connectivity index (χ0v) is 17.5. The lowest BCUT2D eigenvalue weighted by molar-refractivity contribution is 0.121. The zero-order valence-electron chi connectivity index (χ0n) is 17.5. The minimum atomic E-state index is -0.168. The van der Waals surface area contributed by atoms with Gasteiger partial charge in [0.15, 0.2) is 0 Å². The number of benzene rings is 1. The van der Waals surface area contributed by atoms with Gasteiger partial charge in [-0.05, 0) is 81.8 Å². The Morgan fingerprint density at radius 2 is 1.90 bits per heavy atom. The quantitative estimate of drug-likeness (QED) is 0.719. The number of para-hydroxylation sites is 2. The van der Waals surface area contributed by atoms with Crippen LogP contribution in [0.15, 0.2) is 42.6 Å². The first-order valence-corrected chi connectivity index (χ1v) is 11.2. The molecular weight excluding hydrogens is 358 g/mol. The van der Waals surface area contributed by atoms with Crippen molar-refractivity contribution in [2.75, 3.05) is 36.8 Å². The summed E-state index contributed by atoms with van der Waals surface area (Å²) in [5.74, 6) is 0.713. The van der Waals surface area contributed by atoms with Crippen molar-refractivity contribution in [3.8, 4) is 0 Å². The number of piperidine rings is 1. The van der Waals surface area contributed by atoms with Gasteiger partial charge in [0.2, 0.25) is 0 Å². The van der Waals surface area contributed by atoms with Crippen molar-refractivity contribution in [1.29, 1.82) is 0 Å². The van der Waals surface area contributed by atoms with Gasteiger partial charge in [-0.1, -0.05) is 18.2 Å². The van der Waals surface area contributed by atoms with E-state index in [1.807, 2.05) is 6.20 Å². The maximum absolute atomic E-state index is 4.85. The van der Waals surface area contributed by atoms with E-state index in [0.717, 1.165) is 26.1 Å². The van der Waals surface area contributed by atoms with Gasteiger partial charge >= 0.3 is 0 Å². The molecule has 29 heavy (non-hydrogen) atoms. The van der Waals surface area contributed by atoms with Crippen LogP contribution in [0.4, 0.5) is 11.4 Å².